The van der Waals surface area contributed by atoms with Crippen molar-refractivity contribution in [3.8, 4) is 0 Å². The fourth-order valence-electron chi connectivity index (χ4n) is 0.897. The molecule has 1 aromatic carbocycles. The van der Waals surface area contributed by atoms with Crippen molar-refractivity contribution in [2.75, 3.05) is 0 Å². The third-order valence-corrected chi connectivity index (χ3v) is 1.77. The SMILES string of the molecule is C=C(C)C(=O)O.C=COC(=O)Cc1ccccc1. The minimum atomic E-state index is -0.935. The second-order valence-corrected chi connectivity index (χ2v) is 3.40. The zero-order valence-electron chi connectivity index (χ0n) is 10.3. The molecule has 0 radical (unpaired) electrons. The van der Waals surface area contributed by atoms with E-state index < -0.39 is 5.97 Å². The van der Waals surface area contributed by atoms with Crippen LogP contribution in [0.4, 0.5) is 0 Å². The average molecular weight is 248 g/mol. The summed E-state index contributed by atoms with van der Waals surface area (Å²) >= 11 is 0. The van der Waals surface area contributed by atoms with Gasteiger partial charge in [0.25, 0.3) is 0 Å². The molecule has 4 heteroatoms. The number of esters is 1. The molecule has 0 saturated carbocycles. The summed E-state index contributed by atoms with van der Waals surface area (Å²) in [5, 5.41) is 7.89. The lowest BCUT2D eigenvalue weighted by molar-refractivity contribution is -0.137. The Hall–Kier alpha value is -2.36. The molecule has 1 rings (SSSR count). The number of carboxylic acids is 1. The summed E-state index contributed by atoms with van der Waals surface area (Å²) in [7, 11) is 0. The molecule has 0 aromatic heterocycles. The van der Waals surface area contributed by atoms with Crippen molar-refractivity contribution in [1.29, 1.82) is 0 Å². The molecule has 0 unspecified atom stereocenters. The number of carbonyl (C=O) groups is 2. The van der Waals surface area contributed by atoms with E-state index in [2.05, 4.69) is 17.9 Å². The van der Waals surface area contributed by atoms with Crippen molar-refractivity contribution in [2.45, 2.75) is 13.3 Å². The summed E-state index contributed by atoms with van der Waals surface area (Å²) in [6.07, 6.45) is 1.44. The molecule has 0 aliphatic heterocycles. The number of benzene rings is 1. The molecule has 0 aliphatic carbocycles. The predicted octanol–water partition coefficient (Wildman–Crippen LogP) is 2.56. The Labute approximate surface area is 106 Å². The maximum absolute atomic E-state index is 10.9. The summed E-state index contributed by atoms with van der Waals surface area (Å²) in [5.41, 5.74) is 1.12. The molecule has 0 fully saturated rings. The Bertz CT molecular complexity index is 409. The van der Waals surface area contributed by atoms with Crippen molar-refractivity contribution < 1.29 is 19.4 Å². The van der Waals surface area contributed by atoms with E-state index in [0.29, 0.717) is 6.42 Å². The number of aliphatic carboxylic acids is 1. The molecule has 18 heavy (non-hydrogen) atoms. The molecule has 0 amide bonds. The highest BCUT2D eigenvalue weighted by molar-refractivity contribution is 5.84. The summed E-state index contributed by atoms with van der Waals surface area (Å²) in [5.74, 6) is -1.22. The monoisotopic (exact) mass is 248 g/mol. The van der Waals surface area contributed by atoms with Gasteiger partial charge in [0.05, 0.1) is 12.7 Å². The van der Waals surface area contributed by atoms with Gasteiger partial charge in [0, 0.05) is 5.57 Å². The van der Waals surface area contributed by atoms with Gasteiger partial charge in [0.2, 0.25) is 0 Å². The molecule has 96 valence electrons. The van der Waals surface area contributed by atoms with Crippen LogP contribution in [0.15, 0.2) is 55.3 Å². The molecular formula is C14H16O4. The van der Waals surface area contributed by atoms with Gasteiger partial charge >= 0.3 is 11.9 Å². The number of ether oxygens (including phenoxy) is 1. The Balaban J connectivity index is 0.000000411. The van der Waals surface area contributed by atoms with Gasteiger partial charge in [-0.2, -0.15) is 0 Å². The van der Waals surface area contributed by atoms with Crippen LogP contribution in [-0.2, 0) is 20.7 Å². The summed E-state index contributed by atoms with van der Waals surface area (Å²) in [4.78, 5) is 20.5. The zero-order chi connectivity index (χ0) is 14.0. The Kier molecular flexibility index (Phi) is 7.61. The molecule has 0 atom stereocenters. The van der Waals surface area contributed by atoms with Crippen LogP contribution in [0.25, 0.3) is 0 Å². The van der Waals surface area contributed by atoms with Crippen LogP contribution in [0.2, 0.25) is 0 Å². The van der Waals surface area contributed by atoms with Gasteiger partial charge in [-0.1, -0.05) is 43.5 Å². The maximum Gasteiger partial charge on any atom is 0.330 e. The first-order chi connectivity index (χ1) is 8.47. The second kappa shape index (κ2) is 8.75. The van der Waals surface area contributed by atoms with Crippen LogP contribution in [0.5, 0.6) is 0 Å². The quantitative estimate of drug-likeness (QED) is 0.505. The normalized spacial score (nSPS) is 8.50. The molecule has 1 N–H and O–H groups in total. The maximum atomic E-state index is 10.9. The van der Waals surface area contributed by atoms with Crippen molar-refractivity contribution >= 4 is 11.9 Å². The van der Waals surface area contributed by atoms with E-state index in [1.54, 1.807) is 0 Å². The van der Waals surface area contributed by atoms with Crippen LogP contribution >= 0.6 is 0 Å². The Morgan fingerprint density at radius 1 is 1.33 bits per heavy atom. The standard InChI is InChI=1S/C10H10O2.C4H6O2/c1-2-12-10(11)8-9-6-4-3-5-7-9;1-3(2)4(5)6/h2-7H,1,8H2;1H2,2H3,(H,5,6). The smallest absolute Gasteiger partial charge is 0.330 e. The highest BCUT2D eigenvalue weighted by Crippen LogP contribution is 2.00. The predicted molar refractivity (Wildman–Crippen MR) is 68.9 cm³/mol. The van der Waals surface area contributed by atoms with E-state index in [-0.39, 0.29) is 11.5 Å². The minimum Gasteiger partial charge on any atom is -0.478 e. The largest absolute Gasteiger partial charge is 0.478 e. The van der Waals surface area contributed by atoms with Crippen molar-refractivity contribution in [3.05, 3.63) is 60.9 Å². The van der Waals surface area contributed by atoms with E-state index in [9.17, 15) is 9.59 Å². The van der Waals surface area contributed by atoms with Crippen LogP contribution in [0.3, 0.4) is 0 Å². The molecule has 0 heterocycles. The first-order valence-electron chi connectivity index (χ1n) is 5.20. The van der Waals surface area contributed by atoms with Crippen LogP contribution in [-0.4, -0.2) is 17.0 Å². The number of hydrogen-bond acceptors (Lipinski definition) is 3. The molecule has 1 aromatic rings. The summed E-state index contributed by atoms with van der Waals surface area (Å²) in [6, 6.07) is 9.43. The lowest BCUT2D eigenvalue weighted by atomic mass is 10.2. The summed E-state index contributed by atoms with van der Waals surface area (Å²) in [6.45, 7) is 7.90. The van der Waals surface area contributed by atoms with Crippen LogP contribution in [0, 0.1) is 0 Å². The molecule has 0 bridgehead atoms. The third kappa shape index (κ3) is 7.87. The van der Waals surface area contributed by atoms with Gasteiger partial charge in [-0.15, -0.1) is 0 Å². The van der Waals surface area contributed by atoms with E-state index >= 15 is 0 Å². The first-order valence-corrected chi connectivity index (χ1v) is 5.20. The van der Waals surface area contributed by atoms with Gasteiger partial charge in [-0.05, 0) is 12.5 Å². The molecule has 4 nitrogen and oxygen atoms in total. The van der Waals surface area contributed by atoms with Gasteiger partial charge in [0.1, 0.15) is 0 Å². The highest BCUT2D eigenvalue weighted by Gasteiger charge is 2.00. The van der Waals surface area contributed by atoms with E-state index in [1.807, 2.05) is 30.3 Å². The summed E-state index contributed by atoms with van der Waals surface area (Å²) < 4.78 is 4.57. The lowest BCUT2D eigenvalue weighted by Crippen LogP contribution is -2.03. The highest BCUT2D eigenvalue weighted by atomic mass is 16.5. The number of carbonyl (C=O) groups excluding carboxylic acids is 1. The lowest BCUT2D eigenvalue weighted by Gasteiger charge is -1.98. The number of rotatable bonds is 4. The van der Waals surface area contributed by atoms with Crippen molar-refractivity contribution in [1.82, 2.24) is 0 Å². The van der Waals surface area contributed by atoms with Gasteiger partial charge < -0.3 is 9.84 Å². The number of hydrogen-bond donors (Lipinski definition) is 1. The van der Waals surface area contributed by atoms with E-state index in [4.69, 9.17) is 5.11 Å². The van der Waals surface area contributed by atoms with E-state index in [0.717, 1.165) is 11.8 Å². The Morgan fingerprint density at radius 3 is 2.22 bits per heavy atom. The average Bonchev–Trinajstić information content (AvgIpc) is 2.31. The number of carboxylic acid groups (broad SMARTS) is 1. The van der Waals surface area contributed by atoms with E-state index in [1.165, 1.54) is 6.92 Å². The van der Waals surface area contributed by atoms with Crippen LogP contribution < -0.4 is 0 Å². The second-order valence-electron chi connectivity index (χ2n) is 3.40. The topological polar surface area (TPSA) is 63.6 Å². The van der Waals surface area contributed by atoms with Gasteiger partial charge in [0.15, 0.2) is 0 Å². The zero-order valence-corrected chi connectivity index (χ0v) is 10.3. The first kappa shape index (κ1) is 15.6. The van der Waals surface area contributed by atoms with Gasteiger partial charge in [-0.25, -0.2) is 4.79 Å². The minimum absolute atomic E-state index is 0.176. The van der Waals surface area contributed by atoms with Crippen molar-refractivity contribution in [2.24, 2.45) is 0 Å². The molecule has 0 spiro atoms. The van der Waals surface area contributed by atoms with Gasteiger partial charge in [-0.3, -0.25) is 4.79 Å². The fraction of sp³-hybridized carbons (Fsp3) is 0.143. The van der Waals surface area contributed by atoms with Crippen LogP contribution in [0.1, 0.15) is 12.5 Å². The van der Waals surface area contributed by atoms with Crippen molar-refractivity contribution in [3.63, 3.8) is 0 Å². The molecule has 0 saturated heterocycles. The third-order valence-electron chi connectivity index (χ3n) is 1.77. The Morgan fingerprint density at radius 2 is 1.83 bits per heavy atom. The molecule has 0 aliphatic rings. The fourth-order valence-corrected chi connectivity index (χ4v) is 0.897. The molecular weight excluding hydrogens is 232 g/mol.